The Hall–Kier alpha value is -2.81. The van der Waals surface area contributed by atoms with Crippen LogP contribution in [0.15, 0.2) is 18.2 Å². The number of ether oxygens (including phenoxy) is 1. The summed E-state index contributed by atoms with van der Waals surface area (Å²) in [6.07, 6.45) is -1.30. The van der Waals surface area contributed by atoms with Crippen molar-refractivity contribution in [3.05, 3.63) is 33.9 Å². The number of amides is 1. The molecule has 134 valence electrons. The van der Waals surface area contributed by atoms with Crippen molar-refractivity contribution in [3.63, 3.8) is 0 Å². The molecule has 1 atom stereocenters. The highest BCUT2D eigenvalue weighted by Crippen LogP contribution is 2.40. The second-order valence-corrected chi connectivity index (χ2v) is 6.78. The minimum atomic E-state index is -2.26. The number of hydrogen-bond donors (Lipinski definition) is 2. The molecule has 1 aromatic carbocycles. The van der Waals surface area contributed by atoms with E-state index in [0.717, 1.165) is 6.07 Å². The van der Waals surface area contributed by atoms with E-state index in [2.05, 4.69) is 5.32 Å². The number of esters is 1. The molecule has 0 fully saturated rings. The van der Waals surface area contributed by atoms with Crippen LogP contribution in [0.5, 0.6) is 0 Å². The molecule has 1 aliphatic heterocycles. The number of aliphatic hydroxyl groups is 1. The van der Waals surface area contributed by atoms with E-state index in [1.165, 1.54) is 12.1 Å². The van der Waals surface area contributed by atoms with Crippen LogP contribution in [-0.2, 0) is 24.7 Å². The van der Waals surface area contributed by atoms with Crippen LogP contribution >= 0.6 is 0 Å². The Morgan fingerprint density at radius 1 is 1.36 bits per heavy atom. The molecule has 0 spiro atoms. The lowest BCUT2D eigenvalue weighted by atomic mass is 9.89. The van der Waals surface area contributed by atoms with Gasteiger partial charge in [-0.15, -0.1) is 0 Å². The van der Waals surface area contributed by atoms with Crippen molar-refractivity contribution < 1.29 is 29.2 Å². The van der Waals surface area contributed by atoms with Crippen molar-refractivity contribution in [2.75, 3.05) is 5.32 Å². The molecule has 0 aliphatic carbocycles. The second kappa shape index (κ2) is 6.25. The molecule has 25 heavy (non-hydrogen) atoms. The Balaban J connectivity index is 2.20. The minimum Gasteiger partial charge on any atom is -0.460 e. The molecule has 1 aliphatic rings. The minimum absolute atomic E-state index is 0.0655. The van der Waals surface area contributed by atoms with Crippen LogP contribution in [0.1, 0.15) is 39.2 Å². The Labute approximate surface area is 143 Å². The fraction of sp³-hybridized carbons (Fsp3) is 0.438. The third kappa shape index (κ3) is 4.00. The third-order valence-electron chi connectivity index (χ3n) is 3.50. The lowest BCUT2D eigenvalue weighted by Crippen LogP contribution is -2.37. The summed E-state index contributed by atoms with van der Waals surface area (Å²) in [5.41, 5.74) is -3.24. The topological polar surface area (TPSA) is 136 Å². The van der Waals surface area contributed by atoms with Crippen molar-refractivity contribution in [1.29, 1.82) is 0 Å². The van der Waals surface area contributed by atoms with Gasteiger partial charge in [0.05, 0.1) is 4.92 Å². The van der Waals surface area contributed by atoms with Gasteiger partial charge in [-0.2, -0.15) is 0 Å². The predicted octanol–water partition coefficient (Wildman–Crippen LogP) is 1.43. The third-order valence-corrected chi connectivity index (χ3v) is 3.50. The largest absolute Gasteiger partial charge is 0.460 e. The van der Waals surface area contributed by atoms with Crippen LogP contribution < -0.4 is 5.32 Å². The van der Waals surface area contributed by atoms with Gasteiger partial charge >= 0.3 is 5.97 Å². The first-order chi connectivity index (χ1) is 11.4. The van der Waals surface area contributed by atoms with E-state index in [9.17, 15) is 29.6 Å². The van der Waals surface area contributed by atoms with Gasteiger partial charge in [-0.05, 0) is 26.8 Å². The summed E-state index contributed by atoms with van der Waals surface area (Å²) in [6, 6.07) is 3.49. The molecular weight excluding hydrogens is 332 g/mol. The maximum absolute atomic E-state index is 12.1. The van der Waals surface area contributed by atoms with Gasteiger partial charge in [0.2, 0.25) is 0 Å². The van der Waals surface area contributed by atoms with Crippen LogP contribution in [0.2, 0.25) is 0 Å². The number of nitrogens with zero attached hydrogens (tertiary/aromatic N) is 1. The number of non-ortho nitro benzene ring substituents is 1. The van der Waals surface area contributed by atoms with Gasteiger partial charge in [0, 0.05) is 29.8 Å². The molecule has 0 bridgehead atoms. The number of nitrogens with one attached hydrogen (secondary N) is 1. The molecule has 0 saturated heterocycles. The number of rotatable bonds is 5. The summed E-state index contributed by atoms with van der Waals surface area (Å²) in [6.45, 7) is 4.92. The number of ketones is 1. The van der Waals surface area contributed by atoms with E-state index in [0.29, 0.717) is 0 Å². The summed E-state index contributed by atoms with van der Waals surface area (Å²) < 4.78 is 5.02. The van der Waals surface area contributed by atoms with Crippen molar-refractivity contribution in [2.45, 2.75) is 44.8 Å². The van der Waals surface area contributed by atoms with E-state index in [1.807, 2.05) is 0 Å². The molecule has 0 radical (unpaired) electrons. The Morgan fingerprint density at radius 3 is 2.56 bits per heavy atom. The summed E-state index contributed by atoms with van der Waals surface area (Å²) in [5, 5.41) is 23.9. The molecule has 2 N–H and O–H groups in total. The van der Waals surface area contributed by atoms with E-state index in [-0.39, 0.29) is 16.9 Å². The van der Waals surface area contributed by atoms with Crippen molar-refractivity contribution >= 4 is 29.0 Å². The van der Waals surface area contributed by atoms with Crippen LogP contribution in [0, 0.1) is 10.1 Å². The van der Waals surface area contributed by atoms with Crippen LogP contribution in [0.3, 0.4) is 0 Å². The standard InChI is InChI=1S/C16H18N2O7/c1-15(2,3)25-13(20)7-10(19)8-16(22)11-6-9(18(23)24)4-5-12(11)17-14(16)21/h4-6,22H,7-8H2,1-3H3,(H,17,21). The van der Waals surface area contributed by atoms with Crippen molar-refractivity contribution in [1.82, 2.24) is 0 Å². The molecule has 1 unspecified atom stereocenters. The first-order valence-electron chi connectivity index (χ1n) is 7.49. The monoisotopic (exact) mass is 350 g/mol. The predicted molar refractivity (Wildman–Crippen MR) is 85.7 cm³/mol. The SMILES string of the molecule is CC(C)(C)OC(=O)CC(=O)CC1(O)C(=O)Nc2ccc([N+](=O)[O-])cc21. The van der Waals surface area contributed by atoms with Gasteiger partial charge in [-0.1, -0.05) is 0 Å². The van der Waals surface area contributed by atoms with Gasteiger partial charge in [0.1, 0.15) is 17.8 Å². The molecule has 9 nitrogen and oxygen atoms in total. The van der Waals surface area contributed by atoms with Gasteiger partial charge in [0.25, 0.3) is 11.6 Å². The smallest absolute Gasteiger partial charge is 0.313 e. The van der Waals surface area contributed by atoms with Crippen molar-refractivity contribution in [3.8, 4) is 0 Å². The molecule has 0 aromatic heterocycles. The van der Waals surface area contributed by atoms with Crippen LogP contribution in [-0.4, -0.2) is 33.3 Å². The molecule has 1 heterocycles. The first kappa shape index (κ1) is 18.5. The van der Waals surface area contributed by atoms with Gasteiger partial charge in [-0.3, -0.25) is 24.5 Å². The van der Waals surface area contributed by atoms with Crippen LogP contribution in [0.4, 0.5) is 11.4 Å². The normalized spacial score (nSPS) is 19.1. The molecule has 0 saturated carbocycles. The molecule has 1 aromatic rings. The van der Waals surface area contributed by atoms with Gasteiger partial charge in [0.15, 0.2) is 5.60 Å². The average Bonchev–Trinajstić information content (AvgIpc) is 2.67. The van der Waals surface area contributed by atoms with E-state index in [4.69, 9.17) is 4.74 Å². The highest BCUT2D eigenvalue weighted by molar-refractivity contribution is 6.08. The number of carbonyl (C=O) groups is 3. The number of nitro benzene ring substituents is 1. The second-order valence-electron chi connectivity index (χ2n) is 6.78. The number of benzene rings is 1. The summed E-state index contributed by atoms with van der Waals surface area (Å²) >= 11 is 0. The van der Waals surface area contributed by atoms with E-state index >= 15 is 0 Å². The van der Waals surface area contributed by atoms with Crippen molar-refractivity contribution in [2.24, 2.45) is 0 Å². The fourth-order valence-corrected chi connectivity index (χ4v) is 2.51. The maximum atomic E-state index is 12.1. The van der Waals surface area contributed by atoms with Gasteiger partial charge in [-0.25, -0.2) is 0 Å². The first-order valence-corrected chi connectivity index (χ1v) is 7.49. The number of nitro groups is 1. The van der Waals surface area contributed by atoms with E-state index in [1.54, 1.807) is 20.8 Å². The zero-order valence-electron chi connectivity index (χ0n) is 14.0. The highest BCUT2D eigenvalue weighted by Gasteiger charge is 2.47. The van der Waals surface area contributed by atoms with Crippen LogP contribution in [0.25, 0.3) is 0 Å². The maximum Gasteiger partial charge on any atom is 0.313 e. The summed E-state index contributed by atoms with van der Waals surface area (Å²) in [5.74, 6) is -2.37. The number of fused-ring (bicyclic) bond motifs is 1. The molecule has 1 amide bonds. The molecular formula is C16H18N2O7. The molecule has 9 heteroatoms. The Bertz CT molecular complexity index is 766. The molecule has 2 rings (SSSR count). The zero-order chi connectivity index (χ0) is 19.0. The lowest BCUT2D eigenvalue weighted by Gasteiger charge is -2.21. The Kier molecular flexibility index (Phi) is 4.63. The number of hydrogen-bond acceptors (Lipinski definition) is 7. The Morgan fingerprint density at radius 2 is 2.00 bits per heavy atom. The van der Waals surface area contributed by atoms with E-state index < -0.39 is 46.6 Å². The number of carbonyl (C=O) groups excluding carboxylic acids is 3. The highest BCUT2D eigenvalue weighted by atomic mass is 16.6. The summed E-state index contributed by atoms with van der Waals surface area (Å²) in [7, 11) is 0. The summed E-state index contributed by atoms with van der Waals surface area (Å²) in [4.78, 5) is 46.1. The van der Waals surface area contributed by atoms with Gasteiger partial charge < -0.3 is 15.2 Å². The fourth-order valence-electron chi connectivity index (χ4n) is 2.51. The number of anilines is 1. The zero-order valence-corrected chi connectivity index (χ0v) is 14.0. The average molecular weight is 350 g/mol. The quantitative estimate of drug-likeness (QED) is 0.355. The number of Topliss-reactive ketones (excluding diaryl/α,β-unsaturated/α-hetero) is 1. The lowest BCUT2D eigenvalue weighted by molar-refractivity contribution is -0.385.